The Bertz CT molecular complexity index is 1020. The van der Waals surface area contributed by atoms with Gasteiger partial charge in [0.2, 0.25) is 0 Å². The van der Waals surface area contributed by atoms with Gasteiger partial charge in [0.1, 0.15) is 11.6 Å². The number of piperidine rings is 1. The molecular weight excluding hydrogens is 387 g/mol. The number of rotatable bonds is 3. The number of amides is 2. The zero-order valence-corrected chi connectivity index (χ0v) is 15.3. The highest BCUT2D eigenvalue weighted by Crippen LogP contribution is 2.28. The number of likely N-dealkylation sites (tertiary alicyclic amines) is 1. The van der Waals surface area contributed by atoms with Crippen LogP contribution in [0.5, 0.6) is 5.75 Å². The van der Waals surface area contributed by atoms with Crippen LogP contribution in [0.25, 0.3) is 5.65 Å². The first kappa shape index (κ1) is 19.0. The third-order valence-corrected chi connectivity index (χ3v) is 4.73. The molecule has 0 bridgehead atoms. The van der Waals surface area contributed by atoms with E-state index in [-0.39, 0.29) is 23.4 Å². The van der Waals surface area contributed by atoms with Crippen LogP contribution in [0.1, 0.15) is 24.6 Å². The van der Waals surface area contributed by atoms with Crippen molar-refractivity contribution in [3.05, 3.63) is 54.5 Å². The van der Waals surface area contributed by atoms with Crippen LogP contribution in [-0.4, -0.2) is 45.0 Å². The van der Waals surface area contributed by atoms with Crippen molar-refractivity contribution in [1.29, 1.82) is 0 Å². The number of benzene rings is 1. The summed E-state index contributed by atoms with van der Waals surface area (Å²) in [6, 6.07) is 10.5. The van der Waals surface area contributed by atoms with E-state index in [0.29, 0.717) is 13.1 Å². The lowest BCUT2D eigenvalue weighted by molar-refractivity contribution is -0.274. The predicted molar refractivity (Wildman–Crippen MR) is 98.7 cm³/mol. The van der Waals surface area contributed by atoms with E-state index in [1.807, 2.05) is 28.8 Å². The van der Waals surface area contributed by atoms with E-state index in [2.05, 4.69) is 20.3 Å². The molecule has 1 N–H and O–H groups in total. The van der Waals surface area contributed by atoms with Gasteiger partial charge in [0.25, 0.3) is 0 Å². The zero-order chi connectivity index (χ0) is 20.4. The summed E-state index contributed by atoms with van der Waals surface area (Å²) in [6.45, 7) is 0.998. The zero-order valence-electron chi connectivity index (χ0n) is 15.3. The van der Waals surface area contributed by atoms with Gasteiger partial charge in [-0.05, 0) is 37.1 Å². The topological polar surface area (TPSA) is 71.8 Å². The number of carbonyl (C=O) groups excluding carboxylic acids is 1. The number of halogens is 3. The number of aromatic nitrogens is 3. The van der Waals surface area contributed by atoms with Crippen LogP contribution in [-0.2, 0) is 0 Å². The Kier molecular flexibility index (Phi) is 4.99. The molecule has 29 heavy (non-hydrogen) atoms. The van der Waals surface area contributed by atoms with E-state index in [1.165, 1.54) is 18.2 Å². The quantitative estimate of drug-likeness (QED) is 0.714. The number of hydrogen-bond donors (Lipinski definition) is 1. The van der Waals surface area contributed by atoms with Crippen molar-refractivity contribution < 1.29 is 22.7 Å². The van der Waals surface area contributed by atoms with Gasteiger partial charge in [-0.2, -0.15) is 0 Å². The van der Waals surface area contributed by atoms with E-state index < -0.39 is 6.36 Å². The molecule has 4 rings (SSSR count). The van der Waals surface area contributed by atoms with E-state index in [0.717, 1.165) is 30.4 Å². The number of carbonyl (C=O) groups is 1. The monoisotopic (exact) mass is 405 g/mol. The number of pyridine rings is 1. The number of nitrogens with one attached hydrogen (secondary N) is 1. The summed E-state index contributed by atoms with van der Waals surface area (Å²) in [7, 11) is 0. The third kappa shape index (κ3) is 4.41. The molecule has 1 atom stereocenters. The van der Waals surface area contributed by atoms with Gasteiger partial charge in [-0.1, -0.05) is 12.1 Å². The van der Waals surface area contributed by atoms with Crippen LogP contribution in [0.15, 0.2) is 48.7 Å². The molecule has 3 aromatic rings. The molecule has 3 heterocycles. The number of alkyl halides is 3. The van der Waals surface area contributed by atoms with Crippen LogP contribution < -0.4 is 10.1 Å². The maximum Gasteiger partial charge on any atom is 0.573 e. The molecular formula is C19H18F3N5O2. The van der Waals surface area contributed by atoms with Gasteiger partial charge in [-0.15, -0.1) is 23.4 Å². The number of ether oxygens (including phenoxy) is 1. The van der Waals surface area contributed by atoms with Crippen molar-refractivity contribution in [3.8, 4) is 5.75 Å². The van der Waals surface area contributed by atoms with Crippen LogP contribution in [0, 0.1) is 0 Å². The molecule has 1 aliphatic rings. The fourth-order valence-electron chi connectivity index (χ4n) is 3.48. The van der Waals surface area contributed by atoms with E-state index >= 15 is 0 Å². The summed E-state index contributed by atoms with van der Waals surface area (Å²) in [5.41, 5.74) is 0.970. The fraction of sp³-hybridized carbons (Fsp3) is 0.316. The van der Waals surface area contributed by atoms with E-state index in [9.17, 15) is 18.0 Å². The number of nitrogens with zero attached hydrogens (tertiary/aromatic N) is 4. The molecule has 1 fully saturated rings. The molecule has 2 aromatic heterocycles. The molecule has 2 amide bonds. The number of urea groups is 1. The van der Waals surface area contributed by atoms with Crippen molar-refractivity contribution in [1.82, 2.24) is 19.5 Å². The first-order valence-electron chi connectivity index (χ1n) is 9.10. The van der Waals surface area contributed by atoms with Gasteiger partial charge in [0.05, 0.1) is 0 Å². The van der Waals surface area contributed by atoms with Gasteiger partial charge in [-0.3, -0.25) is 4.40 Å². The average Bonchev–Trinajstić information content (AvgIpc) is 3.11. The lowest BCUT2D eigenvalue weighted by atomic mass is 9.97. The van der Waals surface area contributed by atoms with Crippen LogP contribution in [0.4, 0.5) is 23.7 Å². The molecule has 1 aromatic carbocycles. The molecule has 10 heteroatoms. The highest BCUT2D eigenvalue weighted by molar-refractivity contribution is 5.89. The predicted octanol–water partition coefficient (Wildman–Crippen LogP) is 4.04. The number of hydrogen-bond acceptors (Lipinski definition) is 4. The largest absolute Gasteiger partial charge is 0.573 e. The summed E-state index contributed by atoms with van der Waals surface area (Å²) in [5.74, 6) is 0.423. The second kappa shape index (κ2) is 7.61. The molecule has 152 valence electrons. The molecule has 0 unspecified atom stereocenters. The molecule has 0 aliphatic carbocycles. The molecule has 0 saturated carbocycles. The fourth-order valence-corrected chi connectivity index (χ4v) is 3.48. The Morgan fingerprint density at radius 2 is 2.03 bits per heavy atom. The van der Waals surface area contributed by atoms with Crippen molar-refractivity contribution in [3.63, 3.8) is 0 Å². The maximum atomic E-state index is 12.7. The number of anilines is 1. The van der Waals surface area contributed by atoms with Crippen LogP contribution in [0.3, 0.4) is 0 Å². The minimum atomic E-state index is -4.79. The first-order chi connectivity index (χ1) is 13.9. The first-order valence-corrected chi connectivity index (χ1v) is 9.10. The SMILES string of the molecule is O=C(Nc1cccc(OC(F)(F)F)c1)N1CCC[C@@H](c2nnc3ccccn23)C1. The van der Waals surface area contributed by atoms with Crippen LogP contribution >= 0.6 is 0 Å². The Labute approximate surface area is 164 Å². The van der Waals surface area contributed by atoms with Crippen molar-refractivity contribution >= 4 is 17.4 Å². The summed E-state index contributed by atoms with van der Waals surface area (Å²) in [6.07, 6.45) is -1.25. The summed E-state index contributed by atoms with van der Waals surface area (Å²) in [4.78, 5) is 14.3. The lowest BCUT2D eigenvalue weighted by Crippen LogP contribution is -2.42. The van der Waals surface area contributed by atoms with E-state index in [1.54, 1.807) is 4.90 Å². The second-order valence-electron chi connectivity index (χ2n) is 6.78. The van der Waals surface area contributed by atoms with Crippen molar-refractivity contribution in [2.45, 2.75) is 25.1 Å². The normalized spacial score (nSPS) is 17.3. The van der Waals surface area contributed by atoms with Crippen molar-refractivity contribution in [2.24, 2.45) is 0 Å². The molecule has 0 radical (unpaired) electrons. The smallest absolute Gasteiger partial charge is 0.406 e. The minimum absolute atomic E-state index is 0.0202. The molecule has 1 saturated heterocycles. The minimum Gasteiger partial charge on any atom is -0.406 e. The van der Waals surface area contributed by atoms with Gasteiger partial charge in [0, 0.05) is 37.0 Å². The van der Waals surface area contributed by atoms with E-state index in [4.69, 9.17) is 0 Å². The average molecular weight is 405 g/mol. The Morgan fingerprint density at radius 1 is 1.17 bits per heavy atom. The van der Waals surface area contributed by atoms with Crippen molar-refractivity contribution in [2.75, 3.05) is 18.4 Å². The highest BCUT2D eigenvalue weighted by Gasteiger charge is 2.31. The second-order valence-corrected chi connectivity index (χ2v) is 6.78. The Balaban J connectivity index is 1.45. The summed E-state index contributed by atoms with van der Waals surface area (Å²) < 4.78 is 43.0. The Hall–Kier alpha value is -3.30. The van der Waals surface area contributed by atoms with Crippen LogP contribution in [0.2, 0.25) is 0 Å². The van der Waals surface area contributed by atoms with Gasteiger partial charge < -0.3 is 15.0 Å². The maximum absolute atomic E-state index is 12.7. The van der Waals surface area contributed by atoms with Gasteiger partial charge in [-0.25, -0.2) is 4.79 Å². The standard InChI is InChI=1S/C19H18F3N5O2/c20-19(21,22)29-15-7-3-6-14(11-15)23-18(28)26-9-4-5-13(12-26)17-25-24-16-8-1-2-10-27(16)17/h1-3,6-8,10-11,13H,4-5,9,12H2,(H,23,28)/t13-/m1/s1. The summed E-state index contributed by atoms with van der Waals surface area (Å²) in [5, 5.41) is 11.1. The lowest BCUT2D eigenvalue weighted by Gasteiger charge is -2.32. The highest BCUT2D eigenvalue weighted by atomic mass is 19.4. The Morgan fingerprint density at radius 3 is 2.86 bits per heavy atom. The molecule has 1 aliphatic heterocycles. The van der Waals surface area contributed by atoms with Gasteiger partial charge in [0.15, 0.2) is 5.65 Å². The van der Waals surface area contributed by atoms with Gasteiger partial charge >= 0.3 is 12.4 Å². The molecule has 7 nitrogen and oxygen atoms in total. The summed E-state index contributed by atoms with van der Waals surface area (Å²) >= 11 is 0. The number of fused-ring (bicyclic) bond motifs is 1. The third-order valence-electron chi connectivity index (χ3n) is 4.73. The molecule has 0 spiro atoms.